The van der Waals surface area contributed by atoms with E-state index in [2.05, 4.69) is 5.16 Å². The van der Waals surface area contributed by atoms with Gasteiger partial charge in [0.1, 0.15) is 17.0 Å². The van der Waals surface area contributed by atoms with Gasteiger partial charge in [-0.1, -0.05) is 5.16 Å². The Bertz CT molecular complexity index is 437. The zero-order chi connectivity index (χ0) is 9.97. The number of benzene rings is 1. The fourth-order valence-corrected chi connectivity index (χ4v) is 1.41. The maximum absolute atomic E-state index is 5.45. The fourth-order valence-electron chi connectivity index (χ4n) is 1.41. The number of ether oxygens (including phenoxy) is 1. The maximum Gasteiger partial charge on any atom is 0.145 e. The number of methoxy groups -OCH3 is 1. The van der Waals surface area contributed by atoms with E-state index in [-0.39, 0.29) is 0 Å². The zero-order valence-electron chi connectivity index (χ0n) is 7.99. The van der Waals surface area contributed by atoms with Gasteiger partial charge in [0.25, 0.3) is 0 Å². The third-order valence-corrected chi connectivity index (χ3v) is 2.13. The zero-order valence-corrected chi connectivity index (χ0v) is 7.99. The van der Waals surface area contributed by atoms with Crippen LogP contribution in [0.1, 0.15) is 5.76 Å². The highest BCUT2D eigenvalue weighted by Crippen LogP contribution is 2.23. The van der Waals surface area contributed by atoms with Crippen LogP contribution in [0, 0.1) is 0 Å². The van der Waals surface area contributed by atoms with Crippen LogP contribution in [0.2, 0.25) is 0 Å². The van der Waals surface area contributed by atoms with Crippen LogP contribution in [-0.2, 0) is 6.42 Å². The predicted molar refractivity (Wildman–Crippen MR) is 53.3 cm³/mol. The normalized spacial score (nSPS) is 10.7. The molecule has 0 bridgehead atoms. The Morgan fingerprint density at radius 1 is 1.50 bits per heavy atom. The minimum Gasteiger partial charge on any atom is -0.497 e. The Kier molecular flexibility index (Phi) is 2.37. The van der Waals surface area contributed by atoms with Gasteiger partial charge in [-0.25, -0.2) is 0 Å². The van der Waals surface area contributed by atoms with Gasteiger partial charge in [0.2, 0.25) is 0 Å². The van der Waals surface area contributed by atoms with Crippen molar-refractivity contribution in [1.29, 1.82) is 0 Å². The molecule has 14 heavy (non-hydrogen) atoms. The third-order valence-electron chi connectivity index (χ3n) is 2.13. The summed E-state index contributed by atoms with van der Waals surface area (Å²) < 4.78 is 10.3. The number of nitrogens with two attached hydrogens (primary N) is 1. The van der Waals surface area contributed by atoms with Gasteiger partial charge in [0.05, 0.1) is 7.11 Å². The summed E-state index contributed by atoms with van der Waals surface area (Å²) in [5.41, 5.74) is 6.27. The van der Waals surface area contributed by atoms with Gasteiger partial charge < -0.3 is 15.0 Å². The quantitative estimate of drug-likeness (QED) is 0.797. The van der Waals surface area contributed by atoms with Gasteiger partial charge in [-0.2, -0.15) is 0 Å². The van der Waals surface area contributed by atoms with E-state index < -0.39 is 0 Å². The largest absolute Gasteiger partial charge is 0.497 e. The Morgan fingerprint density at radius 3 is 3.07 bits per heavy atom. The Hall–Kier alpha value is -1.55. The van der Waals surface area contributed by atoms with Gasteiger partial charge in [-0.3, -0.25) is 0 Å². The van der Waals surface area contributed by atoms with Gasteiger partial charge in [-0.05, 0) is 18.7 Å². The summed E-state index contributed by atoms with van der Waals surface area (Å²) in [5, 5.41) is 4.95. The summed E-state index contributed by atoms with van der Waals surface area (Å²) in [7, 11) is 1.63. The highest BCUT2D eigenvalue weighted by atomic mass is 16.5. The summed E-state index contributed by atoms with van der Waals surface area (Å²) in [5.74, 6) is 1.62. The topological polar surface area (TPSA) is 61.3 Å². The molecule has 0 atom stereocenters. The molecule has 4 nitrogen and oxygen atoms in total. The fraction of sp³-hybridized carbons (Fsp3) is 0.300. The van der Waals surface area contributed by atoms with Gasteiger partial charge in [0.15, 0.2) is 0 Å². The Balaban J connectivity index is 2.48. The molecule has 2 N–H and O–H groups in total. The monoisotopic (exact) mass is 192 g/mol. The second-order valence-corrected chi connectivity index (χ2v) is 3.03. The lowest BCUT2D eigenvalue weighted by molar-refractivity contribution is 0.391. The summed E-state index contributed by atoms with van der Waals surface area (Å²) >= 11 is 0. The smallest absolute Gasteiger partial charge is 0.145 e. The lowest BCUT2D eigenvalue weighted by Crippen LogP contribution is -2.01. The average Bonchev–Trinajstić information content (AvgIpc) is 2.61. The van der Waals surface area contributed by atoms with Crippen LogP contribution in [0.5, 0.6) is 5.75 Å². The van der Waals surface area contributed by atoms with Gasteiger partial charge >= 0.3 is 0 Å². The highest BCUT2D eigenvalue weighted by Gasteiger charge is 2.07. The van der Waals surface area contributed by atoms with E-state index in [0.717, 1.165) is 22.4 Å². The molecule has 0 unspecified atom stereocenters. The van der Waals surface area contributed by atoms with E-state index in [4.69, 9.17) is 15.0 Å². The number of aromatic nitrogens is 1. The van der Waals surface area contributed by atoms with Crippen molar-refractivity contribution in [2.75, 3.05) is 13.7 Å². The Labute approximate surface area is 81.6 Å². The number of hydrogen-bond donors (Lipinski definition) is 1. The van der Waals surface area contributed by atoms with Crippen LogP contribution in [0.15, 0.2) is 22.7 Å². The van der Waals surface area contributed by atoms with Crippen LogP contribution >= 0.6 is 0 Å². The molecule has 1 aromatic heterocycles. The molecule has 0 saturated heterocycles. The molecule has 0 amide bonds. The van der Waals surface area contributed by atoms with Crippen molar-refractivity contribution in [3.8, 4) is 5.75 Å². The number of rotatable bonds is 3. The molecule has 74 valence electrons. The molecule has 2 rings (SSSR count). The minimum atomic E-state index is 0.566. The molecule has 0 fully saturated rings. The van der Waals surface area contributed by atoms with Crippen LogP contribution in [0.4, 0.5) is 0 Å². The first-order chi connectivity index (χ1) is 6.85. The average molecular weight is 192 g/mol. The van der Waals surface area contributed by atoms with Crippen molar-refractivity contribution in [2.45, 2.75) is 6.42 Å². The Morgan fingerprint density at radius 2 is 2.36 bits per heavy atom. The van der Waals surface area contributed by atoms with E-state index in [1.54, 1.807) is 7.11 Å². The molecule has 0 aliphatic heterocycles. The van der Waals surface area contributed by atoms with Crippen LogP contribution in [0.3, 0.4) is 0 Å². The number of fused-ring (bicyclic) bond motifs is 1. The first-order valence-electron chi connectivity index (χ1n) is 4.47. The highest BCUT2D eigenvalue weighted by molar-refractivity contribution is 5.81. The molecule has 1 heterocycles. The van der Waals surface area contributed by atoms with E-state index in [1.807, 2.05) is 18.2 Å². The summed E-state index contributed by atoms with van der Waals surface area (Å²) in [4.78, 5) is 0. The van der Waals surface area contributed by atoms with E-state index in [0.29, 0.717) is 13.0 Å². The standard InChI is InChI=1S/C10H12N2O2/c1-13-7-2-3-8-9(6-7)12-14-10(8)4-5-11/h2-3,6H,4-5,11H2,1H3. The lowest BCUT2D eigenvalue weighted by atomic mass is 10.2. The second kappa shape index (κ2) is 3.67. The van der Waals surface area contributed by atoms with E-state index in [9.17, 15) is 0 Å². The summed E-state index contributed by atoms with van der Waals surface area (Å²) in [6.45, 7) is 0.566. The first-order valence-corrected chi connectivity index (χ1v) is 4.47. The molecule has 2 aromatic rings. The molecular formula is C10H12N2O2. The van der Waals surface area contributed by atoms with Crippen molar-refractivity contribution in [2.24, 2.45) is 5.73 Å². The van der Waals surface area contributed by atoms with Crippen molar-refractivity contribution in [3.05, 3.63) is 24.0 Å². The van der Waals surface area contributed by atoms with Crippen LogP contribution in [-0.4, -0.2) is 18.8 Å². The minimum absolute atomic E-state index is 0.566. The maximum atomic E-state index is 5.45. The molecule has 1 aromatic carbocycles. The first kappa shape index (κ1) is 9.02. The molecule has 0 radical (unpaired) electrons. The van der Waals surface area contributed by atoms with Crippen molar-refractivity contribution >= 4 is 10.9 Å². The van der Waals surface area contributed by atoms with E-state index in [1.165, 1.54) is 0 Å². The number of hydrogen-bond acceptors (Lipinski definition) is 4. The molecule has 0 saturated carbocycles. The lowest BCUT2D eigenvalue weighted by Gasteiger charge is -1.97. The van der Waals surface area contributed by atoms with Crippen molar-refractivity contribution in [1.82, 2.24) is 5.16 Å². The van der Waals surface area contributed by atoms with E-state index >= 15 is 0 Å². The SMILES string of the molecule is COc1ccc2c(CCN)onc2c1. The molecule has 0 aliphatic rings. The second-order valence-electron chi connectivity index (χ2n) is 3.03. The van der Waals surface area contributed by atoms with Crippen molar-refractivity contribution in [3.63, 3.8) is 0 Å². The molecule has 0 spiro atoms. The summed E-state index contributed by atoms with van der Waals surface area (Å²) in [6, 6.07) is 5.67. The third kappa shape index (κ3) is 1.44. The molecular weight excluding hydrogens is 180 g/mol. The van der Waals surface area contributed by atoms with Crippen LogP contribution < -0.4 is 10.5 Å². The molecule has 0 aliphatic carbocycles. The predicted octanol–water partition coefficient (Wildman–Crippen LogP) is 1.34. The van der Waals surface area contributed by atoms with Gasteiger partial charge in [-0.15, -0.1) is 0 Å². The van der Waals surface area contributed by atoms with Crippen molar-refractivity contribution < 1.29 is 9.26 Å². The van der Waals surface area contributed by atoms with Crippen LogP contribution in [0.25, 0.3) is 10.9 Å². The number of nitrogens with zero attached hydrogens (tertiary/aromatic N) is 1. The molecule has 4 heteroatoms. The summed E-state index contributed by atoms with van der Waals surface area (Å²) in [6.07, 6.45) is 0.711. The van der Waals surface area contributed by atoms with Gasteiger partial charge in [0, 0.05) is 17.9 Å².